The first kappa shape index (κ1) is 62.6. The third-order valence-electron chi connectivity index (χ3n) is 14.7. The van der Waals surface area contributed by atoms with Gasteiger partial charge in [-0.3, -0.25) is 24.1 Å². The molecule has 5 heterocycles. The number of carboxylic acid groups (broad SMARTS) is 1. The number of hydrogen-bond donors (Lipinski definition) is 5. The highest BCUT2D eigenvalue weighted by molar-refractivity contribution is 7.22. The number of unbranched alkanes of at least 4 members (excludes halogenated alkanes) is 5. The Hall–Kier alpha value is -7.47. The standard InChI is InChI=1S/C61H74FN11O8S3/c1-37-33-49(69-70-55(37)68-59-65-44-20-15-17-22-47(44)83-59)72(60-67-52(58(79)80)48(84-60)23-18-32-81-46-21-16-14-19-43(46)62)31-30-71(7)51(76)25-13-11-9-8-10-12-24-50(75)66-54(61(4,5)6)57(78)73-35-42(74)34-45(73)56(77)64-38(2)40-26-28-41(29-27-40)53-39(3)63-36-82-53/h14-17,19-22,26-29,33,36,38,42,45,54,74H,8-13,18,23-25,30-32,34-35H2,1-7H3,(H,64,77)(H,66,75)(H,79,80)(H,65,68,70)/t38-,42+,45-,54+/m0/s1. The first-order chi connectivity index (χ1) is 40.2. The molecule has 0 aliphatic carbocycles. The molecule has 84 heavy (non-hydrogen) atoms. The van der Waals surface area contributed by atoms with Crippen LogP contribution in [0.15, 0.2) is 84.4 Å². The fourth-order valence-electron chi connectivity index (χ4n) is 9.91. The summed E-state index contributed by atoms with van der Waals surface area (Å²) in [4.78, 5) is 87.4. The highest BCUT2D eigenvalue weighted by Crippen LogP contribution is 2.35. The highest BCUT2D eigenvalue weighted by Gasteiger charge is 2.45. The van der Waals surface area contributed by atoms with Gasteiger partial charge in [0.25, 0.3) is 0 Å². The molecule has 1 aliphatic heterocycles. The topological polar surface area (TPSA) is 245 Å². The molecule has 0 unspecified atom stereocenters. The Labute approximate surface area is 501 Å². The number of nitrogens with zero attached hydrogens (tertiary/aromatic N) is 8. The molecule has 23 heteroatoms. The number of thiazole rings is 3. The zero-order chi connectivity index (χ0) is 60.1. The van der Waals surface area contributed by atoms with Crippen molar-refractivity contribution in [2.45, 2.75) is 136 Å². The summed E-state index contributed by atoms with van der Waals surface area (Å²) in [7, 11) is 1.73. The second kappa shape index (κ2) is 28.9. The van der Waals surface area contributed by atoms with Gasteiger partial charge in [-0.05, 0) is 98.9 Å². The average Bonchev–Trinajstić information content (AvgIpc) is 4.41. The number of carbonyl (C=O) groups excluding carboxylic acids is 4. The minimum atomic E-state index is -1.19. The molecular weight excluding hydrogens is 1130 g/mol. The summed E-state index contributed by atoms with van der Waals surface area (Å²) < 4.78 is 20.9. The first-order valence-corrected chi connectivity index (χ1v) is 30.9. The molecule has 3 aromatic carbocycles. The number of fused-ring (bicyclic) bond motifs is 1. The summed E-state index contributed by atoms with van der Waals surface area (Å²) >= 11 is 4.26. The number of aliphatic hydroxyl groups excluding tert-OH is 1. The number of amides is 4. The number of carbonyl (C=O) groups is 5. The third-order valence-corrected chi connectivity index (χ3v) is 17.8. The number of benzene rings is 3. The number of likely N-dealkylation sites (N-methyl/N-ethyl adjacent to an activating group) is 1. The lowest BCUT2D eigenvalue weighted by Crippen LogP contribution is -2.57. The average molecular weight is 1200 g/mol. The van der Waals surface area contributed by atoms with Crippen LogP contribution in [0.1, 0.15) is 130 Å². The molecule has 4 atom stereocenters. The minimum absolute atomic E-state index is 0.0149. The Balaban J connectivity index is 0.794. The molecular formula is C61H74FN11O8S3. The van der Waals surface area contributed by atoms with E-state index in [4.69, 9.17) is 4.74 Å². The van der Waals surface area contributed by atoms with Gasteiger partial charge in [0.2, 0.25) is 23.6 Å². The second-order valence-corrected chi connectivity index (χ2v) is 25.2. The Morgan fingerprint density at radius 3 is 2.27 bits per heavy atom. The van der Waals surface area contributed by atoms with Crippen molar-refractivity contribution in [2.75, 3.05) is 43.5 Å². The second-order valence-electron chi connectivity index (χ2n) is 22.3. The molecule has 0 saturated carbocycles. The SMILES string of the molecule is Cc1cc(N(CCN(C)C(=O)CCCCCCCCC(=O)N[C@H](C(=O)N2C[C@H](O)C[C@H]2C(=O)N[C@@H](C)c2ccc(-c3scnc3C)cc2)C(C)(C)C)c2nc(C(=O)O)c(CCCOc3ccccc3F)s2)nnc1Nc1nc2ccccc2s1. The van der Waals surface area contributed by atoms with E-state index in [1.165, 1.54) is 39.7 Å². The van der Waals surface area contributed by atoms with Crippen molar-refractivity contribution in [1.82, 2.24) is 45.6 Å². The fourth-order valence-corrected chi connectivity index (χ4v) is 12.7. The number of rotatable bonds is 28. The van der Waals surface area contributed by atoms with Crippen LogP contribution in [0.25, 0.3) is 20.7 Å². The summed E-state index contributed by atoms with van der Waals surface area (Å²) in [5, 5.41) is 40.3. The van der Waals surface area contributed by atoms with Gasteiger partial charge in [0.05, 0.1) is 45.1 Å². The molecule has 1 aliphatic rings. The maximum Gasteiger partial charge on any atom is 0.355 e. The van der Waals surface area contributed by atoms with Gasteiger partial charge >= 0.3 is 5.97 Å². The fraction of sp³-hybridized carbons (Fsp3) is 0.443. The number of ether oxygens (including phenoxy) is 1. The maximum atomic E-state index is 14.2. The number of β-amino-alcohol motifs (C(OH)–C–C–N with tert-alkyl or cyclic N) is 1. The highest BCUT2D eigenvalue weighted by atomic mass is 32.1. The third kappa shape index (κ3) is 16.4. The van der Waals surface area contributed by atoms with E-state index in [1.54, 1.807) is 40.3 Å². The minimum Gasteiger partial charge on any atom is -0.491 e. The summed E-state index contributed by atoms with van der Waals surface area (Å²) in [6.45, 7) is 12.0. The first-order valence-electron chi connectivity index (χ1n) is 28.4. The van der Waals surface area contributed by atoms with E-state index in [0.29, 0.717) is 58.9 Å². The van der Waals surface area contributed by atoms with Crippen molar-refractivity contribution in [2.24, 2.45) is 5.41 Å². The van der Waals surface area contributed by atoms with Crippen molar-refractivity contribution < 1.29 is 43.3 Å². The Morgan fingerprint density at radius 2 is 1.58 bits per heavy atom. The Bertz CT molecular complexity index is 3370. The molecule has 1 fully saturated rings. The van der Waals surface area contributed by atoms with Crippen LogP contribution in [0.3, 0.4) is 0 Å². The maximum absolute atomic E-state index is 14.2. The van der Waals surface area contributed by atoms with Crippen molar-refractivity contribution in [1.29, 1.82) is 0 Å². The number of carboxylic acids is 1. The number of nitrogens with one attached hydrogen (secondary N) is 3. The normalized spacial score (nSPS) is 14.9. The van der Waals surface area contributed by atoms with E-state index in [0.717, 1.165) is 63.2 Å². The molecule has 5 N–H and O–H groups in total. The summed E-state index contributed by atoms with van der Waals surface area (Å²) in [5.41, 5.74) is 5.52. The zero-order valence-corrected chi connectivity index (χ0v) is 51.0. The van der Waals surface area contributed by atoms with Gasteiger partial charge in [-0.15, -0.1) is 32.9 Å². The molecule has 446 valence electrons. The van der Waals surface area contributed by atoms with E-state index in [2.05, 4.69) is 41.1 Å². The predicted octanol–water partition coefficient (Wildman–Crippen LogP) is 11.0. The van der Waals surface area contributed by atoms with Gasteiger partial charge in [0.1, 0.15) is 12.1 Å². The van der Waals surface area contributed by atoms with E-state index in [1.807, 2.05) is 102 Å². The van der Waals surface area contributed by atoms with Crippen molar-refractivity contribution >= 4 is 95.7 Å². The zero-order valence-electron chi connectivity index (χ0n) is 48.5. The number of halogens is 1. The smallest absolute Gasteiger partial charge is 0.355 e. The summed E-state index contributed by atoms with van der Waals surface area (Å²) in [6.07, 6.45) is 5.05. The monoisotopic (exact) mass is 1200 g/mol. The van der Waals surface area contributed by atoms with Crippen LogP contribution >= 0.6 is 34.0 Å². The molecule has 0 radical (unpaired) electrons. The molecule has 4 amide bonds. The van der Waals surface area contributed by atoms with Gasteiger partial charge in [-0.1, -0.05) is 106 Å². The van der Waals surface area contributed by atoms with E-state index >= 15 is 0 Å². The number of aromatic nitrogens is 5. The van der Waals surface area contributed by atoms with Crippen LogP contribution in [0, 0.1) is 25.1 Å². The van der Waals surface area contributed by atoms with Gasteiger partial charge in [0, 0.05) is 50.8 Å². The number of aryl methyl sites for hydroxylation is 3. The molecule has 1 saturated heterocycles. The number of aliphatic hydroxyl groups is 1. The van der Waals surface area contributed by atoms with Crippen LogP contribution in [-0.2, 0) is 25.6 Å². The molecule has 0 spiro atoms. The van der Waals surface area contributed by atoms with Crippen molar-refractivity contribution in [3.8, 4) is 16.2 Å². The van der Waals surface area contributed by atoms with E-state index in [-0.39, 0.29) is 74.3 Å². The quantitative estimate of drug-likeness (QED) is 0.0286. The lowest BCUT2D eigenvalue weighted by atomic mass is 9.85. The number of aromatic carboxylic acids is 1. The molecule has 19 nitrogen and oxygen atoms in total. The number of hydrogen-bond acceptors (Lipinski definition) is 17. The van der Waals surface area contributed by atoms with Crippen molar-refractivity contribution in [3.63, 3.8) is 0 Å². The van der Waals surface area contributed by atoms with Crippen LogP contribution < -0.4 is 25.6 Å². The van der Waals surface area contributed by atoms with Gasteiger partial charge in [-0.2, -0.15) is 0 Å². The van der Waals surface area contributed by atoms with E-state index in [9.17, 15) is 38.6 Å². The predicted molar refractivity (Wildman–Crippen MR) is 327 cm³/mol. The summed E-state index contributed by atoms with van der Waals surface area (Å²) in [6, 6.07) is 21.5. The van der Waals surface area contributed by atoms with Gasteiger partial charge < -0.3 is 40.7 Å². The van der Waals surface area contributed by atoms with Crippen molar-refractivity contribution in [3.05, 3.63) is 118 Å². The molecule has 8 rings (SSSR count). The molecule has 7 aromatic rings. The Morgan fingerprint density at radius 1 is 0.869 bits per heavy atom. The number of para-hydroxylation sites is 2. The lowest BCUT2D eigenvalue weighted by Gasteiger charge is -2.35. The molecule has 0 bridgehead atoms. The van der Waals surface area contributed by atoms with E-state index < -0.39 is 41.3 Å². The molecule has 4 aromatic heterocycles. The number of anilines is 4. The lowest BCUT2D eigenvalue weighted by molar-refractivity contribution is -0.144. The van der Waals surface area contributed by atoms with Gasteiger partial charge in [-0.25, -0.2) is 24.1 Å². The van der Waals surface area contributed by atoms with Crippen LogP contribution in [0.5, 0.6) is 5.75 Å². The van der Waals surface area contributed by atoms with Crippen LogP contribution in [-0.4, -0.2) is 126 Å². The van der Waals surface area contributed by atoms with Crippen LogP contribution in [0.4, 0.5) is 26.3 Å². The number of likely N-dealkylation sites (tertiary alicyclic amines) is 1. The largest absolute Gasteiger partial charge is 0.491 e. The Kier molecular flexibility index (Phi) is 21.5. The van der Waals surface area contributed by atoms with Gasteiger partial charge in [0.15, 0.2) is 39.2 Å². The summed E-state index contributed by atoms with van der Waals surface area (Å²) in [5.74, 6) is -1.74. The van der Waals surface area contributed by atoms with Crippen LogP contribution in [0.2, 0.25) is 0 Å².